The van der Waals surface area contributed by atoms with Crippen LogP contribution in [0.15, 0.2) is 127 Å². The molecule has 0 aliphatic carbocycles. The number of hydrogen-bond acceptors (Lipinski definition) is 4. The number of anilines is 3. The smallest absolute Gasteiger partial charge is 0.262 e. The Balaban J connectivity index is 0.00000329. The van der Waals surface area contributed by atoms with Crippen LogP contribution >= 0.6 is 22.7 Å². The van der Waals surface area contributed by atoms with E-state index in [0.717, 1.165) is 33.1 Å². The Bertz CT molecular complexity index is 2010. The number of fused-ring (bicyclic) bond motifs is 2. The van der Waals surface area contributed by atoms with Gasteiger partial charge >= 0.3 is 0 Å². The summed E-state index contributed by atoms with van der Waals surface area (Å²) in [5.41, 5.74) is 7.96. The van der Waals surface area contributed by atoms with Crippen LogP contribution in [0.3, 0.4) is 0 Å². The highest BCUT2D eigenvalue weighted by atomic mass is 127. The monoisotopic (exact) mass is 705 g/mol. The first-order valence-corrected chi connectivity index (χ1v) is 15.5. The van der Waals surface area contributed by atoms with Crippen LogP contribution in [0.4, 0.5) is 17.1 Å². The van der Waals surface area contributed by atoms with E-state index in [1.807, 2.05) is 17.4 Å². The molecule has 0 saturated heterocycles. The Labute approximate surface area is 276 Å². The van der Waals surface area contributed by atoms with Gasteiger partial charge in [0.2, 0.25) is 5.52 Å². The van der Waals surface area contributed by atoms with E-state index >= 15 is 0 Å². The number of nitrogens with zero attached hydrogens (tertiary/aromatic N) is 3. The van der Waals surface area contributed by atoms with Gasteiger partial charge in [-0.25, -0.2) is 4.98 Å². The lowest BCUT2D eigenvalue weighted by molar-refractivity contribution is -0.642. The van der Waals surface area contributed by atoms with E-state index in [0.29, 0.717) is 0 Å². The number of aryl methyl sites for hydroxylation is 1. The molecule has 0 atom stereocenters. The molecule has 7 aromatic rings. The number of benzene rings is 5. The minimum Gasteiger partial charge on any atom is -1.00 e. The molecule has 2 heterocycles. The van der Waals surface area contributed by atoms with Crippen LogP contribution in [0.2, 0.25) is 0 Å². The highest BCUT2D eigenvalue weighted by Crippen LogP contribution is 2.35. The number of rotatable bonds is 7. The third-order valence-electron chi connectivity index (χ3n) is 7.24. The maximum atomic E-state index is 4.72. The van der Waals surface area contributed by atoms with Crippen molar-refractivity contribution in [2.24, 2.45) is 7.05 Å². The summed E-state index contributed by atoms with van der Waals surface area (Å²) in [7, 11) is 2.13. The number of para-hydroxylation sites is 3. The van der Waals surface area contributed by atoms with Crippen molar-refractivity contribution >= 4 is 84.5 Å². The van der Waals surface area contributed by atoms with Crippen LogP contribution in [0.1, 0.15) is 21.1 Å². The second-order valence-corrected chi connectivity index (χ2v) is 12.1. The molecule has 0 radical (unpaired) electrons. The van der Waals surface area contributed by atoms with Crippen LogP contribution in [0.5, 0.6) is 0 Å². The van der Waals surface area contributed by atoms with Gasteiger partial charge in [0, 0.05) is 29.2 Å². The highest BCUT2D eigenvalue weighted by Gasteiger charge is 2.14. The molecular weight excluding hydrogens is 677 g/mol. The molecule has 2 aromatic heterocycles. The maximum absolute atomic E-state index is 4.72. The maximum Gasteiger partial charge on any atom is 0.262 e. The molecule has 6 heteroatoms. The molecule has 0 amide bonds. The van der Waals surface area contributed by atoms with Crippen LogP contribution in [0, 0.1) is 0 Å². The molecule has 0 fully saturated rings. The fourth-order valence-electron chi connectivity index (χ4n) is 5.06. The van der Waals surface area contributed by atoms with E-state index in [4.69, 9.17) is 4.98 Å². The average Bonchev–Trinajstić information content (AvgIpc) is 3.61. The molecule has 0 unspecified atom stereocenters. The van der Waals surface area contributed by atoms with Crippen molar-refractivity contribution in [2.75, 3.05) is 4.90 Å². The minimum absolute atomic E-state index is 0. The second-order valence-electron chi connectivity index (χ2n) is 10.0. The molecule has 5 aromatic carbocycles. The Morgan fingerprint density at radius 3 is 1.77 bits per heavy atom. The number of halogens is 1. The summed E-state index contributed by atoms with van der Waals surface area (Å²) in [6.07, 6.45) is 8.62. The van der Waals surface area contributed by atoms with Crippen molar-refractivity contribution in [3.8, 4) is 0 Å². The van der Waals surface area contributed by atoms with Crippen LogP contribution in [-0.4, -0.2) is 4.98 Å². The molecule has 0 spiro atoms. The van der Waals surface area contributed by atoms with Gasteiger partial charge in [0.25, 0.3) is 5.01 Å². The Morgan fingerprint density at radius 2 is 1.12 bits per heavy atom. The van der Waals surface area contributed by atoms with Gasteiger partial charge in [-0.15, -0.1) is 11.3 Å². The van der Waals surface area contributed by atoms with E-state index in [2.05, 4.69) is 162 Å². The summed E-state index contributed by atoms with van der Waals surface area (Å²) in [5.74, 6) is 0. The van der Waals surface area contributed by atoms with Crippen LogP contribution in [-0.2, 0) is 7.05 Å². The van der Waals surface area contributed by atoms with Gasteiger partial charge in [0.1, 0.15) is 16.8 Å². The van der Waals surface area contributed by atoms with Crippen molar-refractivity contribution in [2.45, 2.75) is 0 Å². The summed E-state index contributed by atoms with van der Waals surface area (Å²) in [5, 5.41) is 2.24. The Morgan fingerprint density at radius 1 is 0.558 bits per heavy atom. The summed E-state index contributed by atoms with van der Waals surface area (Å²) < 4.78 is 4.76. The quantitative estimate of drug-likeness (QED) is 0.130. The topological polar surface area (TPSA) is 20.0 Å². The Hall–Kier alpha value is -4.11. The number of aromatic nitrogens is 2. The lowest BCUT2D eigenvalue weighted by atomic mass is 10.1. The fourth-order valence-corrected chi connectivity index (χ4v) is 6.98. The van der Waals surface area contributed by atoms with Gasteiger partial charge in [-0.2, -0.15) is 4.57 Å². The first-order valence-electron chi connectivity index (χ1n) is 13.9. The Kier molecular flexibility index (Phi) is 8.79. The largest absolute Gasteiger partial charge is 1.00 e. The summed E-state index contributed by atoms with van der Waals surface area (Å²) in [6.45, 7) is 0. The van der Waals surface area contributed by atoms with E-state index in [9.17, 15) is 0 Å². The summed E-state index contributed by atoms with van der Waals surface area (Å²) in [4.78, 5) is 7.01. The van der Waals surface area contributed by atoms with E-state index in [-0.39, 0.29) is 24.0 Å². The molecule has 3 nitrogen and oxygen atoms in total. The second kappa shape index (κ2) is 13.0. The van der Waals surface area contributed by atoms with Crippen LogP contribution < -0.4 is 33.4 Å². The van der Waals surface area contributed by atoms with Gasteiger partial charge in [0.05, 0.1) is 10.2 Å². The van der Waals surface area contributed by atoms with Gasteiger partial charge in [-0.3, -0.25) is 0 Å². The van der Waals surface area contributed by atoms with Crippen molar-refractivity contribution < 1.29 is 28.5 Å². The first-order chi connectivity index (χ1) is 20.7. The van der Waals surface area contributed by atoms with E-state index in [1.54, 1.807) is 11.3 Å². The van der Waals surface area contributed by atoms with Gasteiger partial charge < -0.3 is 28.9 Å². The molecule has 0 aliphatic heterocycles. The standard InChI is InChI=1S/C37H28N3S2.HI/c1-39-33-12-6-8-14-35(33)42-37(39)26-20-28-17-23-31(24-18-28)40(29-9-3-2-4-10-29)30-21-15-27(16-22-30)19-25-36-38-32-11-5-7-13-34(32)41-36;/h2-26H,1H3;1H/q+1;/p-1/b25-19+;. The zero-order chi connectivity index (χ0) is 28.3. The zero-order valence-electron chi connectivity index (χ0n) is 23.5. The summed E-state index contributed by atoms with van der Waals surface area (Å²) in [6, 6.07) is 44.8. The predicted molar refractivity (Wildman–Crippen MR) is 182 cm³/mol. The molecule has 0 bridgehead atoms. The van der Waals surface area contributed by atoms with E-state index < -0.39 is 0 Å². The average molecular weight is 706 g/mol. The van der Waals surface area contributed by atoms with Gasteiger partial charge in [0.15, 0.2) is 0 Å². The molecule has 7 rings (SSSR count). The third-order valence-corrected chi connectivity index (χ3v) is 9.42. The fraction of sp³-hybridized carbons (Fsp3) is 0.0270. The molecule has 0 aliphatic rings. The van der Waals surface area contributed by atoms with Crippen molar-refractivity contribution in [3.05, 3.63) is 149 Å². The normalized spacial score (nSPS) is 11.5. The highest BCUT2D eigenvalue weighted by molar-refractivity contribution is 7.19. The zero-order valence-corrected chi connectivity index (χ0v) is 27.3. The molecule has 0 N–H and O–H groups in total. The molecular formula is C37H28IN3S2. The number of hydrogen-bond donors (Lipinski definition) is 0. The van der Waals surface area contributed by atoms with Gasteiger partial charge in [-0.05, 0) is 77.9 Å². The lowest BCUT2D eigenvalue weighted by Crippen LogP contribution is -3.00. The van der Waals surface area contributed by atoms with Crippen LogP contribution in [0.25, 0.3) is 44.7 Å². The third kappa shape index (κ3) is 6.32. The van der Waals surface area contributed by atoms with Crippen molar-refractivity contribution in [1.82, 2.24) is 4.98 Å². The van der Waals surface area contributed by atoms with Gasteiger partial charge in [-0.1, -0.05) is 84.1 Å². The van der Waals surface area contributed by atoms with E-state index in [1.165, 1.54) is 25.5 Å². The predicted octanol–water partition coefficient (Wildman–Crippen LogP) is 7.15. The minimum atomic E-state index is 0. The first kappa shape index (κ1) is 29.0. The molecule has 43 heavy (non-hydrogen) atoms. The summed E-state index contributed by atoms with van der Waals surface area (Å²) >= 11 is 3.52. The lowest BCUT2D eigenvalue weighted by Gasteiger charge is -2.25. The molecule has 210 valence electrons. The number of thiazole rings is 2. The molecule has 0 saturated carbocycles. The van der Waals surface area contributed by atoms with Crippen molar-refractivity contribution in [1.29, 1.82) is 0 Å². The van der Waals surface area contributed by atoms with Crippen molar-refractivity contribution in [3.63, 3.8) is 0 Å². The SMILES string of the molecule is C[n+]1c(/C=C/c2ccc(N(c3ccccc3)c3ccc(/C=C/c4nc5ccccc5s4)cc3)cc2)sc2ccccc21.[I-].